The van der Waals surface area contributed by atoms with Crippen LogP contribution in [0.15, 0.2) is 39.9 Å². The van der Waals surface area contributed by atoms with Crippen LogP contribution in [0.5, 0.6) is 11.5 Å². The van der Waals surface area contributed by atoms with Gasteiger partial charge >= 0.3 is 11.1 Å². The lowest BCUT2D eigenvalue weighted by molar-refractivity contribution is 0.102. The van der Waals surface area contributed by atoms with E-state index in [2.05, 4.69) is 5.32 Å². The maximum absolute atomic E-state index is 12.8. The molecule has 1 aromatic heterocycles. The average Bonchev–Trinajstić information content (AvgIpc) is 3.18. The predicted molar refractivity (Wildman–Crippen MR) is 109 cm³/mol. The molecule has 1 aliphatic heterocycles. The molecule has 0 bridgehead atoms. The normalized spacial score (nSPS) is 12.3. The molecule has 9 nitrogen and oxygen atoms in total. The predicted octanol–water partition coefficient (Wildman–Crippen LogP) is 1.28. The number of hydrogen-bond acceptors (Lipinski definition) is 6. The number of anilines is 2. The van der Waals surface area contributed by atoms with Crippen molar-refractivity contribution in [3.05, 3.63) is 56.6 Å². The number of hydrogen-bond donors (Lipinski definition) is 1. The van der Waals surface area contributed by atoms with Crippen LogP contribution in [-0.2, 0) is 14.1 Å². The maximum Gasteiger partial charge on any atom is 0.316 e. The Hall–Kier alpha value is -3.75. The van der Waals surface area contributed by atoms with Gasteiger partial charge in [0.1, 0.15) is 0 Å². The van der Waals surface area contributed by atoms with Crippen molar-refractivity contribution < 1.29 is 14.3 Å². The summed E-state index contributed by atoms with van der Waals surface area (Å²) >= 11 is 0. The van der Waals surface area contributed by atoms with E-state index < -0.39 is 11.1 Å². The monoisotopic (exact) mass is 396 g/mol. The molecule has 1 aliphatic rings. The van der Waals surface area contributed by atoms with E-state index >= 15 is 0 Å². The minimum atomic E-state index is -0.634. The van der Waals surface area contributed by atoms with E-state index in [1.54, 1.807) is 37.4 Å². The Morgan fingerprint density at radius 3 is 2.24 bits per heavy atom. The van der Waals surface area contributed by atoms with Crippen molar-refractivity contribution in [3.63, 3.8) is 0 Å². The first-order valence-corrected chi connectivity index (χ1v) is 8.90. The van der Waals surface area contributed by atoms with Gasteiger partial charge in [0, 0.05) is 33.8 Å². The Morgan fingerprint density at radius 1 is 0.966 bits per heavy atom. The lowest BCUT2D eigenvalue weighted by atomic mass is 10.1. The van der Waals surface area contributed by atoms with Gasteiger partial charge in [-0.05, 0) is 30.3 Å². The second kappa shape index (κ2) is 6.69. The third kappa shape index (κ3) is 3.00. The third-order valence-electron chi connectivity index (χ3n) is 4.97. The fourth-order valence-electron chi connectivity index (χ4n) is 3.31. The summed E-state index contributed by atoms with van der Waals surface area (Å²) < 4.78 is 13.2. The molecule has 2 heterocycles. The Balaban J connectivity index is 1.82. The molecule has 1 N–H and O–H groups in total. The number of aromatic nitrogens is 2. The maximum atomic E-state index is 12.8. The number of fused-ring (bicyclic) bond motifs is 2. The topological polar surface area (TPSA) is 94.8 Å². The second-order valence-corrected chi connectivity index (χ2v) is 7.00. The molecule has 2 aromatic carbocycles. The minimum absolute atomic E-state index is 0.128. The van der Waals surface area contributed by atoms with E-state index in [1.807, 2.05) is 19.0 Å². The molecule has 150 valence electrons. The molecule has 0 fully saturated rings. The van der Waals surface area contributed by atoms with Crippen LogP contribution in [0.4, 0.5) is 11.4 Å². The van der Waals surface area contributed by atoms with Gasteiger partial charge in [-0.1, -0.05) is 0 Å². The fourth-order valence-corrected chi connectivity index (χ4v) is 3.31. The molecule has 0 saturated heterocycles. The molecule has 0 radical (unpaired) electrons. The summed E-state index contributed by atoms with van der Waals surface area (Å²) in [6, 6.07) is 8.41. The first-order valence-electron chi connectivity index (χ1n) is 8.90. The molecule has 0 aliphatic carbocycles. The highest BCUT2D eigenvalue weighted by Crippen LogP contribution is 2.34. The quantitative estimate of drug-likeness (QED) is 0.671. The zero-order valence-electron chi connectivity index (χ0n) is 16.5. The molecule has 0 spiro atoms. The van der Waals surface area contributed by atoms with Crippen LogP contribution in [0.1, 0.15) is 10.4 Å². The van der Waals surface area contributed by atoms with Crippen molar-refractivity contribution in [2.75, 3.05) is 31.1 Å². The summed E-state index contributed by atoms with van der Waals surface area (Å²) in [5, 5.41) is 2.89. The van der Waals surface area contributed by atoms with Crippen LogP contribution >= 0.6 is 0 Å². The number of nitrogens with zero attached hydrogens (tertiary/aromatic N) is 3. The lowest BCUT2D eigenvalue weighted by Gasteiger charge is -2.20. The SMILES string of the molecule is CN(C)c1cc2c(cc1NC(=O)c1ccc3c(c1)OCO3)n(C)c(=O)c(=O)n2C. The van der Waals surface area contributed by atoms with Crippen LogP contribution in [0.3, 0.4) is 0 Å². The molecular weight excluding hydrogens is 376 g/mol. The Labute approximate surface area is 165 Å². The van der Waals surface area contributed by atoms with Gasteiger partial charge in [0.15, 0.2) is 11.5 Å². The Morgan fingerprint density at radius 2 is 1.59 bits per heavy atom. The average molecular weight is 396 g/mol. The molecule has 9 heteroatoms. The van der Waals surface area contributed by atoms with E-state index in [1.165, 1.54) is 16.2 Å². The first kappa shape index (κ1) is 18.6. The van der Waals surface area contributed by atoms with Crippen LogP contribution < -0.4 is 30.8 Å². The van der Waals surface area contributed by atoms with Crippen molar-refractivity contribution in [2.24, 2.45) is 14.1 Å². The lowest BCUT2D eigenvalue weighted by Crippen LogP contribution is -2.39. The van der Waals surface area contributed by atoms with Crippen molar-refractivity contribution in [1.29, 1.82) is 0 Å². The molecular formula is C20H20N4O5. The van der Waals surface area contributed by atoms with Gasteiger partial charge in [0.05, 0.1) is 22.4 Å². The Kier molecular flexibility index (Phi) is 4.30. The van der Waals surface area contributed by atoms with E-state index in [9.17, 15) is 14.4 Å². The van der Waals surface area contributed by atoms with Gasteiger partial charge in [0.25, 0.3) is 5.91 Å². The largest absolute Gasteiger partial charge is 0.454 e. The molecule has 29 heavy (non-hydrogen) atoms. The molecule has 0 atom stereocenters. The van der Waals surface area contributed by atoms with Crippen LogP contribution in [0.2, 0.25) is 0 Å². The van der Waals surface area contributed by atoms with E-state index in [-0.39, 0.29) is 12.7 Å². The fraction of sp³-hybridized carbons (Fsp3) is 0.250. The zero-order valence-corrected chi connectivity index (χ0v) is 16.5. The number of rotatable bonds is 3. The first-order chi connectivity index (χ1) is 13.8. The molecule has 0 saturated carbocycles. The van der Waals surface area contributed by atoms with Gasteiger partial charge in [0.2, 0.25) is 6.79 Å². The summed E-state index contributed by atoms with van der Waals surface area (Å²) in [7, 11) is 6.75. The number of amides is 1. The van der Waals surface area contributed by atoms with E-state index in [0.29, 0.717) is 39.5 Å². The summed E-state index contributed by atoms with van der Waals surface area (Å²) in [5.74, 6) is 0.777. The number of nitrogens with one attached hydrogen (secondary N) is 1. The van der Waals surface area contributed by atoms with Gasteiger partial charge < -0.3 is 28.8 Å². The van der Waals surface area contributed by atoms with Crippen molar-refractivity contribution in [2.45, 2.75) is 0 Å². The van der Waals surface area contributed by atoms with Crippen molar-refractivity contribution >= 4 is 28.3 Å². The van der Waals surface area contributed by atoms with Crippen LogP contribution in [0, 0.1) is 0 Å². The molecule has 1 amide bonds. The molecule has 3 aromatic rings. The smallest absolute Gasteiger partial charge is 0.316 e. The van der Waals surface area contributed by atoms with E-state index in [0.717, 1.165) is 0 Å². The summed E-state index contributed by atoms with van der Waals surface area (Å²) in [6.07, 6.45) is 0. The van der Waals surface area contributed by atoms with Crippen LogP contribution in [-0.4, -0.2) is 35.9 Å². The number of ether oxygens (including phenoxy) is 2. The van der Waals surface area contributed by atoms with Crippen LogP contribution in [0.25, 0.3) is 11.0 Å². The van der Waals surface area contributed by atoms with E-state index in [4.69, 9.17) is 9.47 Å². The number of carbonyl (C=O) groups is 1. The second-order valence-electron chi connectivity index (χ2n) is 7.00. The third-order valence-corrected chi connectivity index (χ3v) is 4.97. The van der Waals surface area contributed by atoms with Crippen molar-refractivity contribution in [3.8, 4) is 11.5 Å². The highest BCUT2D eigenvalue weighted by atomic mass is 16.7. The summed E-state index contributed by atoms with van der Waals surface area (Å²) in [6.45, 7) is 0.128. The number of benzene rings is 2. The standard InChI is InChI=1S/C20H20N4O5/c1-22(2)13-9-15-14(23(3)19(26)20(27)24(15)4)8-12(13)21-18(25)11-5-6-16-17(7-11)29-10-28-16/h5-9H,10H2,1-4H3,(H,21,25). The number of carbonyl (C=O) groups excluding carboxylic acids is 1. The zero-order chi connectivity index (χ0) is 20.9. The van der Waals surface area contributed by atoms with Crippen molar-refractivity contribution in [1.82, 2.24) is 9.13 Å². The minimum Gasteiger partial charge on any atom is -0.454 e. The highest BCUT2D eigenvalue weighted by molar-refractivity contribution is 6.07. The highest BCUT2D eigenvalue weighted by Gasteiger charge is 2.19. The molecule has 4 rings (SSSR count). The summed E-state index contributed by atoms with van der Waals surface area (Å²) in [5.41, 5.74) is 1.49. The number of aryl methyl sites for hydroxylation is 2. The van der Waals surface area contributed by atoms with Gasteiger partial charge in [-0.15, -0.1) is 0 Å². The van der Waals surface area contributed by atoms with Gasteiger partial charge in [-0.2, -0.15) is 0 Å². The Bertz CT molecular complexity index is 1270. The van der Waals surface area contributed by atoms with Gasteiger partial charge in [-0.25, -0.2) is 0 Å². The molecule has 0 unspecified atom stereocenters. The van der Waals surface area contributed by atoms with Gasteiger partial charge in [-0.3, -0.25) is 14.4 Å². The summed E-state index contributed by atoms with van der Waals surface area (Å²) in [4.78, 5) is 39.0.